The largest absolute Gasteiger partial charge is 0.342 e. The van der Waals surface area contributed by atoms with Crippen molar-refractivity contribution in [3.8, 4) is 0 Å². The molecule has 2 aromatic rings. The Kier molecular flexibility index (Phi) is 7.68. The van der Waals surface area contributed by atoms with E-state index in [2.05, 4.69) is 4.72 Å². The van der Waals surface area contributed by atoms with Gasteiger partial charge >= 0.3 is 0 Å². The summed E-state index contributed by atoms with van der Waals surface area (Å²) < 4.78 is 28.2. The molecule has 1 N–H and O–H groups in total. The Morgan fingerprint density at radius 3 is 2.57 bits per heavy atom. The van der Waals surface area contributed by atoms with Gasteiger partial charge in [0, 0.05) is 32.5 Å². The summed E-state index contributed by atoms with van der Waals surface area (Å²) in [7, 11) is -3.57. The topological polar surface area (TPSA) is 83.6 Å². The number of likely N-dealkylation sites (tertiary alicyclic amines) is 1. The molecular weight excluding hydrogens is 444 g/mol. The van der Waals surface area contributed by atoms with Crippen molar-refractivity contribution in [3.63, 3.8) is 0 Å². The summed E-state index contributed by atoms with van der Waals surface area (Å²) in [5, 5.41) is 0. The molecule has 0 aliphatic carbocycles. The van der Waals surface area contributed by atoms with Crippen LogP contribution in [0, 0.1) is 12.8 Å². The number of thiophene rings is 1. The molecule has 1 amide bonds. The van der Waals surface area contributed by atoms with E-state index in [1.54, 1.807) is 41.3 Å². The predicted octanol–water partition coefficient (Wildman–Crippen LogP) is 3.89. The Morgan fingerprint density at radius 1 is 1.17 bits per heavy atom. The monoisotopic (exact) mass is 468 g/mol. The van der Waals surface area contributed by atoms with Crippen LogP contribution in [0.15, 0.2) is 41.3 Å². The predicted molar refractivity (Wildman–Crippen MR) is 119 cm³/mol. The van der Waals surface area contributed by atoms with E-state index in [1.165, 1.54) is 11.3 Å². The number of benzene rings is 1. The van der Waals surface area contributed by atoms with Crippen molar-refractivity contribution in [2.45, 2.75) is 37.5 Å². The van der Waals surface area contributed by atoms with E-state index in [1.807, 2.05) is 6.92 Å². The van der Waals surface area contributed by atoms with Gasteiger partial charge in [0.25, 0.3) is 0 Å². The molecule has 1 aromatic carbocycles. The molecule has 1 aliphatic heterocycles. The van der Waals surface area contributed by atoms with Gasteiger partial charge in [0.15, 0.2) is 5.78 Å². The first-order valence-electron chi connectivity index (χ1n) is 9.87. The standard InChI is InChI=1S/C21H25ClN2O4S2/c1-15-4-6-17(7-5-15)30(27,28)23-13-16-3-2-12-24(14-16)21(26)11-8-18(25)19-9-10-20(22)29-19/h4-7,9-10,16,23H,2-3,8,11-14H2,1H3. The number of carbonyl (C=O) groups excluding carboxylic acids is 2. The van der Waals surface area contributed by atoms with Gasteiger partial charge in [-0.05, 0) is 49.9 Å². The minimum atomic E-state index is -3.57. The van der Waals surface area contributed by atoms with Gasteiger partial charge in [-0.1, -0.05) is 29.3 Å². The van der Waals surface area contributed by atoms with Crippen molar-refractivity contribution in [1.82, 2.24) is 9.62 Å². The van der Waals surface area contributed by atoms with Gasteiger partial charge in [0.05, 0.1) is 14.1 Å². The van der Waals surface area contributed by atoms with Crippen LogP contribution in [0.1, 0.15) is 40.9 Å². The molecule has 3 rings (SSSR count). The van der Waals surface area contributed by atoms with Crippen LogP contribution in [0.5, 0.6) is 0 Å². The second-order valence-corrected chi connectivity index (χ2v) is 11.0. The average molecular weight is 469 g/mol. The molecule has 9 heteroatoms. The molecule has 1 saturated heterocycles. The van der Waals surface area contributed by atoms with Crippen molar-refractivity contribution in [2.24, 2.45) is 5.92 Å². The molecule has 162 valence electrons. The number of rotatable bonds is 8. The van der Waals surface area contributed by atoms with E-state index in [0.717, 1.165) is 18.4 Å². The lowest BCUT2D eigenvalue weighted by Crippen LogP contribution is -2.43. The van der Waals surface area contributed by atoms with Crippen LogP contribution < -0.4 is 4.72 Å². The van der Waals surface area contributed by atoms with Gasteiger partial charge in [-0.25, -0.2) is 13.1 Å². The number of sulfonamides is 1. The fourth-order valence-corrected chi connectivity index (χ4v) is 5.58. The highest BCUT2D eigenvalue weighted by Crippen LogP contribution is 2.23. The summed E-state index contributed by atoms with van der Waals surface area (Å²) in [4.78, 5) is 27.3. The van der Waals surface area contributed by atoms with Crippen molar-refractivity contribution < 1.29 is 18.0 Å². The Bertz CT molecular complexity index is 1000. The van der Waals surface area contributed by atoms with Crippen molar-refractivity contribution in [3.05, 3.63) is 51.2 Å². The molecule has 1 aliphatic rings. The molecule has 0 radical (unpaired) electrons. The molecule has 0 bridgehead atoms. The first kappa shape index (κ1) is 22.9. The van der Waals surface area contributed by atoms with Crippen LogP contribution in [0.3, 0.4) is 0 Å². The number of nitrogens with one attached hydrogen (secondary N) is 1. The summed E-state index contributed by atoms with van der Waals surface area (Å²) in [6, 6.07) is 10.1. The van der Waals surface area contributed by atoms with E-state index in [-0.39, 0.29) is 41.9 Å². The molecule has 1 unspecified atom stereocenters. The number of nitrogens with zero attached hydrogens (tertiary/aromatic N) is 1. The van der Waals surface area contributed by atoms with E-state index >= 15 is 0 Å². The van der Waals surface area contributed by atoms with Gasteiger partial charge in [0.2, 0.25) is 15.9 Å². The number of piperidine rings is 1. The lowest BCUT2D eigenvalue weighted by atomic mass is 9.98. The maximum absolute atomic E-state index is 12.6. The summed E-state index contributed by atoms with van der Waals surface area (Å²) in [6.45, 7) is 3.32. The number of Topliss-reactive ketones (excluding diaryl/α,β-unsaturated/α-hetero) is 1. The third kappa shape index (κ3) is 6.14. The lowest BCUT2D eigenvalue weighted by Gasteiger charge is -2.33. The number of ketones is 1. The average Bonchev–Trinajstić information content (AvgIpc) is 3.17. The van der Waals surface area contributed by atoms with Gasteiger partial charge in [-0.2, -0.15) is 0 Å². The summed E-state index contributed by atoms with van der Waals surface area (Å²) >= 11 is 7.07. The lowest BCUT2D eigenvalue weighted by molar-refractivity contribution is -0.132. The van der Waals surface area contributed by atoms with Crippen molar-refractivity contribution in [2.75, 3.05) is 19.6 Å². The quantitative estimate of drug-likeness (QED) is 0.596. The Labute approximate surface area is 186 Å². The highest BCUT2D eigenvalue weighted by molar-refractivity contribution is 7.89. The summed E-state index contributed by atoms with van der Waals surface area (Å²) in [5.74, 6) is -0.105. The molecule has 1 aromatic heterocycles. The fraction of sp³-hybridized carbons (Fsp3) is 0.429. The zero-order valence-electron chi connectivity index (χ0n) is 16.8. The summed E-state index contributed by atoms with van der Waals surface area (Å²) in [6.07, 6.45) is 1.97. The summed E-state index contributed by atoms with van der Waals surface area (Å²) in [5.41, 5.74) is 0.996. The van der Waals surface area contributed by atoms with E-state index in [9.17, 15) is 18.0 Å². The second-order valence-electron chi connectivity index (χ2n) is 7.54. The first-order chi connectivity index (χ1) is 14.2. The SMILES string of the molecule is Cc1ccc(S(=O)(=O)NCC2CCCN(C(=O)CCC(=O)c3ccc(Cl)s3)C2)cc1. The molecule has 1 atom stereocenters. The zero-order chi connectivity index (χ0) is 21.7. The molecular formula is C21H25ClN2O4S2. The molecule has 0 saturated carbocycles. The zero-order valence-corrected chi connectivity index (χ0v) is 19.2. The highest BCUT2D eigenvalue weighted by atomic mass is 35.5. The number of amides is 1. The van der Waals surface area contributed by atoms with Crippen LogP contribution in [0.2, 0.25) is 4.34 Å². The fourth-order valence-electron chi connectivity index (χ4n) is 3.45. The minimum Gasteiger partial charge on any atom is -0.342 e. The van der Waals surface area contributed by atoms with Gasteiger partial charge in [-0.3, -0.25) is 9.59 Å². The minimum absolute atomic E-state index is 0.0507. The van der Waals surface area contributed by atoms with Gasteiger partial charge < -0.3 is 4.90 Å². The van der Waals surface area contributed by atoms with Crippen LogP contribution in [-0.4, -0.2) is 44.6 Å². The first-order valence-corrected chi connectivity index (χ1v) is 12.5. The van der Waals surface area contributed by atoms with E-state index < -0.39 is 10.0 Å². The number of carbonyl (C=O) groups is 2. The van der Waals surface area contributed by atoms with E-state index in [4.69, 9.17) is 11.6 Å². The van der Waals surface area contributed by atoms with Crippen LogP contribution in [0.25, 0.3) is 0 Å². The molecule has 6 nitrogen and oxygen atoms in total. The van der Waals surface area contributed by atoms with Crippen LogP contribution >= 0.6 is 22.9 Å². The highest BCUT2D eigenvalue weighted by Gasteiger charge is 2.25. The third-order valence-corrected chi connectivity index (χ3v) is 7.89. The van der Waals surface area contributed by atoms with Crippen molar-refractivity contribution in [1.29, 1.82) is 0 Å². The Hall–Kier alpha value is -1.74. The number of aryl methyl sites for hydroxylation is 1. The third-order valence-electron chi connectivity index (χ3n) is 5.18. The Balaban J connectivity index is 1.49. The Morgan fingerprint density at radius 2 is 1.90 bits per heavy atom. The molecule has 0 spiro atoms. The molecule has 30 heavy (non-hydrogen) atoms. The maximum atomic E-state index is 12.6. The number of hydrogen-bond acceptors (Lipinski definition) is 5. The second kappa shape index (κ2) is 10.0. The number of hydrogen-bond donors (Lipinski definition) is 1. The van der Waals surface area contributed by atoms with Gasteiger partial charge in [-0.15, -0.1) is 11.3 Å². The maximum Gasteiger partial charge on any atom is 0.240 e. The molecule has 2 heterocycles. The smallest absolute Gasteiger partial charge is 0.240 e. The van der Waals surface area contributed by atoms with Crippen LogP contribution in [-0.2, 0) is 14.8 Å². The van der Waals surface area contributed by atoms with E-state index in [0.29, 0.717) is 22.3 Å². The molecule has 1 fully saturated rings. The van der Waals surface area contributed by atoms with Gasteiger partial charge in [0.1, 0.15) is 0 Å². The van der Waals surface area contributed by atoms with Crippen molar-refractivity contribution >= 4 is 44.7 Å². The normalized spacial score (nSPS) is 17.1. The number of halogens is 1. The van der Waals surface area contributed by atoms with Crippen LogP contribution in [0.4, 0.5) is 0 Å².